The summed E-state index contributed by atoms with van der Waals surface area (Å²) in [6, 6.07) is 1.76. The number of hydrogen-bond acceptors (Lipinski definition) is 4. The molecule has 0 radical (unpaired) electrons. The molecule has 1 aromatic heterocycles. The number of rotatable bonds is 4. The molecule has 0 unspecified atom stereocenters. The quantitative estimate of drug-likeness (QED) is 0.778. The maximum Gasteiger partial charge on any atom is 0.232 e. The zero-order chi connectivity index (χ0) is 12.0. The number of aryl methyl sites for hydroxylation is 1. The fourth-order valence-corrected chi connectivity index (χ4v) is 1.28. The van der Waals surface area contributed by atoms with E-state index in [1.54, 1.807) is 13.2 Å². The molecule has 0 atom stereocenters. The molecule has 6 heteroatoms. The van der Waals surface area contributed by atoms with Crippen LogP contribution in [-0.2, 0) is 0 Å². The van der Waals surface area contributed by atoms with E-state index in [-0.39, 0.29) is 0 Å². The van der Waals surface area contributed by atoms with Crippen LogP contribution in [0.4, 0.5) is 5.95 Å². The van der Waals surface area contributed by atoms with Crippen LogP contribution in [0.1, 0.15) is 19.0 Å². The van der Waals surface area contributed by atoms with Gasteiger partial charge in [0.05, 0.1) is 7.11 Å². The van der Waals surface area contributed by atoms with Crippen LogP contribution in [0.3, 0.4) is 0 Å². The first-order chi connectivity index (χ1) is 7.65. The highest BCUT2D eigenvalue weighted by atomic mass is 32.1. The van der Waals surface area contributed by atoms with E-state index in [0.717, 1.165) is 18.7 Å². The summed E-state index contributed by atoms with van der Waals surface area (Å²) >= 11 is 5.08. The second kappa shape index (κ2) is 6.22. The molecule has 16 heavy (non-hydrogen) atoms. The molecule has 0 fully saturated rings. The molecule has 0 spiro atoms. The van der Waals surface area contributed by atoms with Crippen molar-refractivity contribution in [3.8, 4) is 5.88 Å². The predicted octanol–water partition coefficient (Wildman–Crippen LogP) is 1.49. The topological polar surface area (TPSA) is 59.1 Å². The highest BCUT2D eigenvalue weighted by molar-refractivity contribution is 7.80. The molecule has 1 heterocycles. The molecule has 0 saturated heterocycles. The maximum absolute atomic E-state index is 5.08. The van der Waals surface area contributed by atoms with Crippen molar-refractivity contribution in [2.24, 2.45) is 0 Å². The van der Waals surface area contributed by atoms with Gasteiger partial charge in [0.15, 0.2) is 5.11 Å². The fourth-order valence-electron chi connectivity index (χ4n) is 1.08. The molecular formula is C10H16N4OS. The Morgan fingerprint density at radius 2 is 2.25 bits per heavy atom. The van der Waals surface area contributed by atoms with Gasteiger partial charge in [-0.2, -0.15) is 4.98 Å². The zero-order valence-electron chi connectivity index (χ0n) is 9.70. The molecule has 0 bridgehead atoms. The molecule has 0 saturated carbocycles. The molecule has 5 nitrogen and oxygen atoms in total. The van der Waals surface area contributed by atoms with Gasteiger partial charge in [0, 0.05) is 18.3 Å². The van der Waals surface area contributed by atoms with Crippen molar-refractivity contribution < 1.29 is 4.74 Å². The van der Waals surface area contributed by atoms with Crippen LogP contribution in [0.2, 0.25) is 0 Å². The lowest BCUT2D eigenvalue weighted by Crippen LogP contribution is -2.29. The van der Waals surface area contributed by atoms with Crippen molar-refractivity contribution in [3.05, 3.63) is 11.8 Å². The van der Waals surface area contributed by atoms with Crippen LogP contribution in [0.5, 0.6) is 5.88 Å². The normalized spacial score (nSPS) is 9.69. The number of ether oxygens (including phenoxy) is 1. The Labute approximate surface area is 101 Å². The Bertz CT molecular complexity index is 370. The summed E-state index contributed by atoms with van der Waals surface area (Å²) in [5, 5.41) is 6.47. The lowest BCUT2D eigenvalue weighted by molar-refractivity contribution is 0.397. The summed E-state index contributed by atoms with van der Waals surface area (Å²) in [4.78, 5) is 8.33. The van der Waals surface area contributed by atoms with E-state index in [1.807, 2.05) is 6.92 Å². The van der Waals surface area contributed by atoms with Crippen LogP contribution in [0.25, 0.3) is 0 Å². The first-order valence-corrected chi connectivity index (χ1v) is 5.51. The van der Waals surface area contributed by atoms with Gasteiger partial charge in [0.1, 0.15) is 0 Å². The fraction of sp³-hybridized carbons (Fsp3) is 0.500. The number of aromatic nitrogens is 2. The number of anilines is 1. The first kappa shape index (κ1) is 12.6. The van der Waals surface area contributed by atoms with Crippen molar-refractivity contribution in [1.82, 2.24) is 15.3 Å². The van der Waals surface area contributed by atoms with Gasteiger partial charge < -0.3 is 15.4 Å². The van der Waals surface area contributed by atoms with Crippen LogP contribution in [-0.4, -0.2) is 28.7 Å². The van der Waals surface area contributed by atoms with E-state index >= 15 is 0 Å². The predicted molar refractivity (Wildman–Crippen MR) is 67.8 cm³/mol. The Hall–Kier alpha value is -1.43. The second-order valence-corrected chi connectivity index (χ2v) is 3.66. The minimum atomic E-state index is 0.449. The van der Waals surface area contributed by atoms with Gasteiger partial charge in [0.2, 0.25) is 11.8 Å². The smallest absolute Gasteiger partial charge is 0.232 e. The summed E-state index contributed by atoms with van der Waals surface area (Å²) in [6.45, 7) is 4.77. The molecule has 0 aliphatic carbocycles. The van der Waals surface area contributed by atoms with E-state index in [9.17, 15) is 0 Å². The monoisotopic (exact) mass is 240 g/mol. The molecule has 0 aromatic carbocycles. The molecule has 1 aromatic rings. The van der Waals surface area contributed by atoms with E-state index in [2.05, 4.69) is 27.5 Å². The van der Waals surface area contributed by atoms with E-state index in [1.165, 1.54) is 0 Å². The average Bonchev–Trinajstić information content (AvgIpc) is 2.25. The third-order valence-electron chi connectivity index (χ3n) is 1.80. The van der Waals surface area contributed by atoms with Crippen LogP contribution >= 0.6 is 12.2 Å². The summed E-state index contributed by atoms with van der Waals surface area (Å²) in [5.41, 5.74) is 0.827. The number of hydrogen-bond donors (Lipinski definition) is 2. The Morgan fingerprint density at radius 1 is 1.50 bits per heavy atom. The number of nitrogens with zero attached hydrogens (tertiary/aromatic N) is 2. The van der Waals surface area contributed by atoms with Crippen molar-refractivity contribution in [1.29, 1.82) is 0 Å². The Morgan fingerprint density at radius 3 is 2.88 bits per heavy atom. The van der Waals surface area contributed by atoms with Gasteiger partial charge in [0.25, 0.3) is 0 Å². The molecule has 2 N–H and O–H groups in total. The standard InChI is InChI=1S/C10H16N4OS/c1-4-5-11-10(16)14-9-12-7(2)6-8(13-9)15-3/h6H,4-5H2,1-3H3,(H2,11,12,13,14,16). The van der Waals surface area contributed by atoms with E-state index < -0.39 is 0 Å². The van der Waals surface area contributed by atoms with Gasteiger partial charge in [-0.15, -0.1) is 0 Å². The molecule has 0 amide bonds. The van der Waals surface area contributed by atoms with Crippen LogP contribution < -0.4 is 15.4 Å². The lowest BCUT2D eigenvalue weighted by Gasteiger charge is -2.09. The molecule has 1 rings (SSSR count). The average molecular weight is 240 g/mol. The van der Waals surface area contributed by atoms with Crippen LogP contribution in [0.15, 0.2) is 6.07 Å². The maximum atomic E-state index is 5.08. The second-order valence-electron chi connectivity index (χ2n) is 3.26. The van der Waals surface area contributed by atoms with Gasteiger partial charge in [-0.1, -0.05) is 6.92 Å². The van der Waals surface area contributed by atoms with Crippen LogP contribution in [0, 0.1) is 6.92 Å². The van der Waals surface area contributed by atoms with Gasteiger partial charge in [-0.25, -0.2) is 4.98 Å². The minimum Gasteiger partial charge on any atom is -0.481 e. The van der Waals surface area contributed by atoms with E-state index in [4.69, 9.17) is 17.0 Å². The molecule has 88 valence electrons. The number of nitrogens with one attached hydrogen (secondary N) is 2. The van der Waals surface area contributed by atoms with Crippen molar-refractivity contribution in [2.75, 3.05) is 19.0 Å². The summed E-state index contributed by atoms with van der Waals surface area (Å²) in [6.07, 6.45) is 1.01. The number of methoxy groups -OCH3 is 1. The largest absolute Gasteiger partial charge is 0.481 e. The van der Waals surface area contributed by atoms with Crippen molar-refractivity contribution in [2.45, 2.75) is 20.3 Å². The van der Waals surface area contributed by atoms with Gasteiger partial charge in [-0.05, 0) is 25.6 Å². The van der Waals surface area contributed by atoms with Gasteiger partial charge >= 0.3 is 0 Å². The van der Waals surface area contributed by atoms with E-state index in [0.29, 0.717) is 16.9 Å². The summed E-state index contributed by atoms with van der Waals surface area (Å²) in [7, 11) is 1.57. The zero-order valence-corrected chi connectivity index (χ0v) is 10.5. The summed E-state index contributed by atoms with van der Waals surface area (Å²) in [5.74, 6) is 0.971. The SMILES string of the molecule is CCCNC(=S)Nc1nc(C)cc(OC)n1. The minimum absolute atomic E-state index is 0.449. The highest BCUT2D eigenvalue weighted by Gasteiger charge is 2.03. The number of thiocarbonyl (C=S) groups is 1. The van der Waals surface area contributed by atoms with Gasteiger partial charge in [-0.3, -0.25) is 0 Å². The Kier molecular flexibility index (Phi) is 4.91. The van der Waals surface area contributed by atoms with Crippen molar-refractivity contribution in [3.63, 3.8) is 0 Å². The lowest BCUT2D eigenvalue weighted by atomic mass is 10.4. The highest BCUT2D eigenvalue weighted by Crippen LogP contribution is 2.10. The molecular weight excluding hydrogens is 224 g/mol. The molecule has 0 aliphatic rings. The Balaban J connectivity index is 2.65. The first-order valence-electron chi connectivity index (χ1n) is 5.10. The molecule has 0 aliphatic heterocycles. The third-order valence-corrected chi connectivity index (χ3v) is 2.05. The van der Waals surface area contributed by atoms with Crippen molar-refractivity contribution >= 4 is 23.3 Å². The third kappa shape index (κ3) is 3.98. The summed E-state index contributed by atoms with van der Waals surface area (Å²) < 4.78 is 5.04.